The maximum Gasteiger partial charge on any atom is 0.271 e. The van der Waals surface area contributed by atoms with Gasteiger partial charge in [0.25, 0.3) is 5.56 Å². The number of aromatic amines is 1. The first-order valence-corrected chi connectivity index (χ1v) is 4.55. The van der Waals surface area contributed by atoms with Gasteiger partial charge in [0.2, 0.25) is 0 Å². The van der Waals surface area contributed by atoms with Crippen LogP contribution >= 0.6 is 11.6 Å². The van der Waals surface area contributed by atoms with Gasteiger partial charge in [0.1, 0.15) is 17.0 Å². The van der Waals surface area contributed by atoms with Crippen molar-refractivity contribution in [2.24, 2.45) is 0 Å². The van der Waals surface area contributed by atoms with Crippen LogP contribution in [0.5, 0.6) is 0 Å². The van der Waals surface area contributed by atoms with E-state index in [9.17, 15) is 4.79 Å². The van der Waals surface area contributed by atoms with E-state index in [4.69, 9.17) is 11.6 Å². The van der Waals surface area contributed by atoms with E-state index in [1.54, 1.807) is 18.3 Å². The van der Waals surface area contributed by atoms with E-state index in [1.165, 1.54) is 12.5 Å². The van der Waals surface area contributed by atoms with Gasteiger partial charge in [-0.2, -0.15) is 0 Å². The minimum absolute atomic E-state index is 0.229. The minimum Gasteiger partial charge on any atom is -0.334 e. The monoisotopic (exact) mass is 222 g/mol. The van der Waals surface area contributed by atoms with Crippen molar-refractivity contribution in [3.63, 3.8) is 0 Å². The Kier molecular flexibility index (Phi) is 2.64. The lowest BCUT2D eigenvalue weighted by Crippen LogP contribution is -2.10. The summed E-state index contributed by atoms with van der Waals surface area (Å²) in [4.78, 5) is 21.5. The molecular weight excluding hydrogens is 216 g/mol. The third-order valence-corrected chi connectivity index (χ3v) is 2.02. The number of rotatable bonds is 2. The van der Waals surface area contributed by atoms with Crippen LogP contribution < -0.4 is 10.9 Å². The quantitative estimate of drug-likeness (QED) is 0.809. The highest BCUT2D eigenvalue weighted by atomic mass is 35.5. The molecule has 0 aliphatic heterocycles. The molecule has 2 N–H and O–H groups in total. The first-order valence-electron chi connectivity index (χ1n) is 4.17. The van der Waals surface area contributed by atoms with Crippen LogP contribution in [0, 0.1) is 0 Å². The number of nitrogens with one attached hydrogen (secondary N) is 2. The fourth-order valence-electron chi connectivity index (χ4n) is 1.05. The molecule has 0 aliphatic carbocycles. The Morgan fingerprint density at radius 3 is 3.07 bits per heavy atom. The Bertz CT molecular complexity index is 525. The Morgan fingerprint density at radius 2 is 2.33 bits per heavy atom. The average molecular weight is 223 g/mol. The van der Waals surface area contributed by atoms with E-state index in [2.05, 4.69) is 20.3 Å². The lowest BCUT2D eigenvalue weighted by atomic mass is 10.4. The van der Waals surface area contributed by atoms with Crippen molar-refractivity contribution < 1.29 is 0 Å². The highest BCUT2D eigenvalue weighted by Gasteiger charge is 2.03. The second kappa shape index (κ2) is 4.10. The van der Waals surface area contributed by atoms with Crippen molar-refractivity contribution in [2.45, 2.75) is 0 Å². The second-order valence-corrected chi connectivity index (χ2v) is 3.16. The van der Waals surface area contributed by atoms with E-state index < -0.39 is 0 Å². The number of nitrogens with zero attached hydrogens (tertiary/aromatic N) is 2. The van der Waals surface area contributed by atoms with Gasteiger partial charge >= 0.3 is 0 Å². The molecule has 0 spiro atoms. The molecule has 2 aromatic heterocycles. The van der Waals surface area contributed by atoms with Gasteiger partial charge in [-0.25, -0.2) is 9.97 Å². The van der Waals surface area contributed by atoms with Gasteiger partial charge in [0, 0.05) is 6.20 Å². The third kappa shape index (κ3) is 2.13. The summed E-state index contributed by atoms with van der Waals surface area (Å²) in [6, 6.07) is 3.34. The van der Waals surface area contributed by atoms with Crippen molar-refractivity contribution in [3.05, 3.63) is 46.2 Å². The van der Waals surface area contributed by atoms with Crippen LogP contribution in [0.4, 0.5) is 11.5 Å². The number of pyridine rings is 1. The summed E-state index contributed by atoms with van der Waals surface area (Å²) in [5, 5.41) is 3.18. The first kappa shape index (κ1) is 9.67. The number of anilines is 2. The third-order valence-electron chi connectivity index (χ3n) is 1.74. The standard InChI is InChI=1S/C9H7ClN4O/c10-6-4-11-5-13-8(6)14-7-2-1-3-12-9(7)15/h1-5H,(H,12,15)(H,11,13,14). The topological polar surface area (TPSA) is 70.7 Å². The molecule has 76 valence electrons. The van der Waals surface area contributed by atoms with Crippen molar-refractivity contribution in [1.29, 1.82) is 0 Å². The summed E-state index contributed by atoms with van der Waals surface area (Å²) < 4.78 is 0. The van der Waals surface area contributed by atoms with Gasteiger partial charge in [-0.1, -0.05) is 11.6 Å². The Hall–Kier alpha value is -1.88. The molecule has 2 rings (SSSR count). The molecule has 0 aliphatic rings. The molecule has 2 aromatic rings. The van der Waals surface area contributed by atoms with Crippen molar-refractivity contribution >= 4 is 23.1 Å². The van der Waals surface area contributed by atoms with Crippen LogP contribution in [-0.2, 0) is 0 Å². The van der Waals surface area contributed by atoms with Crippen LogP contribution in [-0.4, -0.2) is 15.0 Å². The summed E-state index contributed by atoms with van der Waals surface area (Å²) in [7, 11) is 0. The molecule has 0 fully saturated rings. The zero-order chi connectivity index (χ0) is 10.7. The average Bonchev–Trinajstić information content (AvgIpc) is 2.24. The summed E-state index contributed by atoms with van der Waals surface area (Å²) in [5.41, 5.74) is 0.158. The van der Waals surface area contributed by atoms with Gasteiger partial charge in [0.15, 0.2) is 5.82 Å². The fourth-order valence-corrected chi connectivity index (χ4v) is 1.20. The largest absolute Gasteiger partial charge is 0.334 e. The van der Waals surface area contributed by atoms with Crippen molar-refractivity contribution in [2.75, 3.05) is 5.32 Å². The van der Waals surface area contributed by atoms with E-state index in [0.29, 0.717) is 16.5 Å². The molecule has 0 saturated heterocycles. The van der Waals surface area contributed by atoms with E-state index in [1.807, 2.05) is 0 Å². The summed E-state index contributed by atoms with van der Waals surface area (Å²) in [6.45, 7) is 0. The Morgan fingerprint density at radius 1 is 1.47 bits per heavy atom. The summed E-state index contributed by atoms with van der Waals surface area (Å²) in [5.74, 6) is 0.406. The Balaban J connectivity index is 2.34. The maximum atomic E-state index is 11.3. The molecule has 0 unspecified atom stereocenters. The number of hydrogen-bond donors (Lipinski definition) is 2. The molecule has 0 saturated carbocycles. The van der Waals surface area contributed by atoms with E-state index in [0.717, 1.165) is 0 Å². The zero-order valence-electron chi connectivity index (χ0n) is 7.57. The van der Waals surface area contributed by atoms with E-state index >= 15 is 0 Å². The number of halogens is 1. The molecule has 2 heterocycles. The van der Waals surface area contributed by atoms with Gasteiger partial charge in [0.05, 0.1) is 6.20 Å². The smallest absolute Gasteiger partial charge is 0.271 e. The normalized spacial score (nSPS) is 9.93. The predicted molar refractivity (Wildman–Crippen MR) is 57.4 cm³/mol. The van der Waals surface area contributed by atoms with Gasteiger partial charge < -0.3 is 10.3 Å². The van der Waals surface area contributed by atoms with Crippen molar-refractivity contribution in [3.8, 4) is 0 Å². The minimum atomic E-state index is -0.229. The highest BCUT2D eigenvalue weighted by molar-refractivity contribution is 6.32. The lowest BCUT2D eigenvalue weighted by molar-refractivity contribution is 1.16. The molecule has 0 aromatic carbocycles. The van der Waals surface area contributed by atoms with Crippen LogP contribution in [0.25, 0.3) is 0 Å². The van der Waals surface area contributed by atoms with E-state index in [-0.39, 0.29) is 5.56 Å². The molecule has 6 heteroatoms. The molecule has 15 heavy (non-hydrogen) atoms. The van der Waals surface area contributed by atoms with Gasteiger partial charge in [-0.05, 0) is 12.1 Å². The van der Waals surface area contributed by atoms with Crippen LogP contribution in [0.1, 0.15) is 0 Å². The number of aromatic nitrogens is 3. The fraction of sp³-hybridized carbons (Fsp3) is 0. The molecule has 0 radical (unpaired) electrons. The van der Waals surface area contributed by atoms with Gasteiger partial charge in [-0.15, -0.1) is 0 Å². The second-order valence-electron chi connectivity index (χ2n) is 2.76. The molecule has 0 amide bonds. The number of H-pyrrole nitrogens is 1. The predicted octanol–water partition coefficient (Wildman–Crippen LogP) is 1.56. The number of hydrogen-bond acceptors (Lipinski definition) is 4. The summed E-state index contributed by atoms with van der Waals surface area (Å²) >= 11 is 5.83. The molecular formula is C9H7ClN4O. The molecule has 0 bridgehead atoms. The lowest BCUT2D eigenvalue weighted by Gasteiger charge is -2.04. The van der Waals surface area contributed by atoms with Crippen molar-refractivity contribution in [1.82, 2.24) is 15.0 Å². The SMILES string of the molecule is O=c1[nH]cccc1Nc1ncncc1Cl. The highest BCUT2D eigenvalue weighted by Crippen LogP contribution is 2.18. The molecule has 0 atom stereocenters. The first-order chi connectivity index (χ1) is 7.27. The van der Waals surface area contributed by atoms with Gasteiger partial charge in [-0.3, -0.25) is 4.79 Å². The Labute approximate surface area is 90.2 Å². The maximum absolute atomic E-state index is 11.3. The van der Waals surface area contributed by atoms with Crippen LogP contribution in [0.3, 0.4) is 0 Å². The van der Waals surface area contributed by atoms with Crippen LogP contribution in [0.2, 0.25) is 5.02 Å². The zero-order valence-corrected chi connectivity index (χ0v) is 8.32. The molecule has 5 nitrogen and oxygen atoms in total. The van der Waals surface area contributed by atoms with Crippen LogP contribution in [0.15, 0.2) is 35.6 Å². The summed E-state index contributed by atoms with van der Waals surface area (Å²) in [6.07, 6.45) is 4.36.